The van der Waals surface area contributed by atoms with Crippen LogP contribution in [0.4, 0.5) is 17.6 Å². The number of nitrogens with two attached hydrogens (primary N) is 1. The number of rotatable bonds is 1. The molecule has 0 fully saturated rings. The first-order chi connectivity index (χ1) is 5.96. The summed E-state index contributed by atoms with van der Waals surface area (Å²) in [5, 5.41) is 0. The summed E-state index contributed by atoms with van der Waals surface area (Å²) in [7, 11) is 0. The molecule has 0 aliphatic carbocycles. The smallest absolute Gasteiger partial charge is 0.408 e. The van der Waals surface area contributed by atoms with Crippen molar-refractivity contribution in [3.63, 3.8) is 0 Å². The van der Waals surface area contributed by atoms with E-state index in [-0.39, 0.29) is 12.4 Å². The first kappa shape index (κ1) is 13.0. The Balaban J connectivity index is 0.00000169. The molecule has 1 aromatic carbocycles. The molecule has 7 heteroatoms. The topological polar surface area (TPSA) is 35.2 Å². The van der Waals surface area contributed by atoms with Crippen molar-refractivity contribution >= 4 is 12.4 Å². The molecule has 0 heterocycles. The van der Waals surface area contributed by atoms with Gasteiger partial charge in [0.2, 0.25) is 0 Å². The molecule has 80 valence electrons. The average molecular weight is 232 g/mol. The molecule has 0 atom stereocenters. The molecular formula is C7H6ClF4NO. The van der Waals surface area contributed by atoms with Gasteiger partial charge < -0.3 is 4.84 Å². The third kappa shape index (κ3) is 2.49. The van der Waals surface area contributed by atoms with Gasteiger partial charge in [-0.05, 0) is 12.1 Å². The Hall–Kier alpha value is -1.01. The van der Waals surface area contributed by atoms with Gasteiger partial charge in [0.05, 0.1) is 5.56 Å². The van der Waals surface area contributed by atoms with Gasteiger partial charge in [-0.3, -0.25) is 0 Å². The van der Waals surface area contributed by atoms with Crippen LogP contribution in [0.25, 0.3) is 0 Å². The molecule has 2 N–H and O–H groups in total. The number of alkyl halides is 3. The highest BCUT2D eigenvalue weighted by Gasteiger charge is 2.35. The van der Waals surface area contributed by atoms with Crippen LogP contribution in [0.3, 0.4) is 0 Å². The summed E-state index contributed by atoms with van der Waals surface area (Å²) in [5.41, 5.74) is -1.39. The quantitative estimate of drug-likeness (QED) is 0.595. The standard InChI is InChI=1S/C7H5F4NO.ClH/c8-6-4(7(9,10)11)2-1-3-5(6)13-12;/h1-3H,12H2;1H. The number of hydrogen-bond donors (Lipinski definition) is 1. The van der Waals surface area contributed by atoms with Crippen molar-refractivity contribution in [3.8, 4) is 5.75 Å². The van der Waals surface area contributed by atoms with Crippen molar-refractivity contribution < 1.29 is 22.4 Å². The van der Waals surface area contributed by atoms with E-state index in [2.05, 4.69) is 10.7 Å². The first-order valence-corrected chi connectivity index (χ1v) is 3.19. The summed E-state index contributed by atoms with van der Waals surface area (Å²) in [6, 6.07) is 2.62. The molecule has 0 saturated heterocycles. The monoisotopic (exact) mass is 231 g/mol. The highest BCUT2D eigenvalue weighted by molar-refractivity contribution is 5.85. The molecule has 0 aromatic heterocycles. The molecule has 0 unspecified atom stereocenters. The lowest BCUT2D eigenvalue weighted by molar-refractivity contribution is -0.140. The highest BCUT2D eigenvalue weighted by atomic mass is 35.5. The Morgan fingerprint density at radius 2 is 1.79 bits per heavy atom. The van der Waals surface area contributed by atoms with E-state index < -0.39 is 23.3 Å². The molecule has 0 aliphatic heterocycles. The largest absolute Gasteiger partial charge is 0.419 e. The van der Waals surface area contributed by atoms with Gasteiger partial charge in [-0.15, -0.1) is 12.4 Å². The molecule has 2 nitrogen and oxygen atoms in total. The predicted octanol–water partition coefficient (Wildman–Crippen LogP) is 2.52. The van der Waals surface area contributed by atoms with Crippen LogP contribution in [0.5, 0.6) is 5.75 Å². The molecule has 0 aliphatic rings. The van der Waals surface area contributed by atoms with Crippen molar-refractivity contribution in [2.45, 2.75) is 6.18 Å². The fourth-order valence-electron chi connectivity index (χ4n) is 0.821. The van der Waals surface area contributed by atoms with E-state index in [0.717, 1.165) is 12.1 Å². The average Bonchev–Trinajstić information content (AvgIpc) is 2.02. The molecule has 1 aromatic rings. The Bertz CT molecular complexity index is 315. The van der Waals surface area contributed by atoms with Gasteiger partial charge in [-0.25, -0.2) is 4.39 Å². The minimum atomic E-state index is -4.74. The zero-order valence-corrected chi connectivity index (χ0v) is 7.45. The van der Waals surface area contributed by atoms with Gasteiger partial charge in [-0.2, -0.15) is 19.1 Å². The van der Waals surface area contributed by atoms with Crippen LogP contribution in [0.15, 0.2) is 18.2 Å². The van der Waals surface area contributed by atoms with E-state index in [4.69, 9.17) is 0 Å². The second-order valence-electron chi connectivity index (χ2n) is 2.23. The highest BCUT2D eigenvalue weighted by Crippen LogP contribution is 2.34. The summed E-state index contributed by atoms with van der Waals surface area (Å²) < 4.78 is 48.9. The van der Waals surface area contributed by atoms with Gasteiger partial charge in [0.1, 0.15) is 0 Å². The van der Waals surface area contributed by atoms with Gasteiger partial charge in [0.15, 0.2) is 11.6 Å². The third-order valence-electron chi connectivity index (χ3n) is 1.40. The van der Waals surface area contributed by atoms with Crippen LogP contribution < -0.4 is 10.7 Å². The maximum atomic E-state index is 12.8. The minimum Gasteiger partial charge on any atom is -0.408 e. The van der Waals surface area contributed by atoms with Crippen LogP contribution >= 0.6 is 12.4 Å². The maximum absolute atomic E-state index is 12.8. The van der Waals surface area contributed by atoms with Crippen molar-refractivity contribution in [1.29, 1.82) is 0 Å². The fourth-order valence-corrected chi connectivity index (χ4v) is 0.821. The van der Waals surface area contributed by atoms with E-state index in [1.165, 1.54) is 0 Å². The van der Waals surface area contributed by atoms with E-state index >= 15 is 0 Å². The number of halogens is 5. The van der Waals surface area contributed by atoms with Crippen LogP contribution in [0.1, 0.15) is 5.56 Å². The summed E-state index contributed by atoms with van der Waals surface area (Å²) in [6.45, 7) is 0. The van der Waals surface area contributed by atoms with Crippen LogP contribution in [-0.4, -0.2) is 0 Å². The van der Waals surface area contributed by atoms with Gasteiger partial charge in [-0.1, -0.05) is 6.07 Å². The van der Waals surface area contributed by atoms with E-state index in [9.17, 15) is 17.6 Å². The second kappa shape index (κ2) is 4.47. The molecule has 0 saturated carbocycles. The third-order valence-corrected chi connectivity index (χ3v) is 1.40. The van der Waals surface area contributed by atoms with Crippen molar-refractivity contribution in [3.05, 3.63) is 29.6 Å². The first-order valence-electron chi connectivity index (χ1n) is 3.19. The van der Waals surface area contributed by atoms with E-state index in [0.29, 0.717) is 6.07 Å². The fraction of sp³-hybridized carbons (Fsp3) is 0.143. The zero-order chi connectivity index (χ0) is 10.1. The van der Waals surface area contributed by atoms with Gasteiger partial charge >= 0.3 is 6.18 Å². The Morgan fingerprint density at radius 3 is 2.21 bits per heavy atom. The minimum absolute atomic E-state index is 0. The molecular weight excluding hydrogens is 226 g/mol. The summed E-state index contributed by atoms with van der Waals surface area (Å²) in [6.07, 6.45) is -4.74. The Kier molecular flexibility index (Phi) is 4.15. The van der Waals surface area contributed by atoms with Crippen LogP contribution in [-0.2, 0) is 6.18 Å². The second-order valence-corrected chi connectivity index (χ2v) is 2.23. The van der Waals surface area contributed by atoms with Crippen molar-refractivity contribution in [2.75, 3.05) is 0 Å². The molecule has 0 amide bonds. The SMILES string of the molecule is Cl.NOc1cccc(C(F)(F)F)c1F. The zero-order valence-electron chi connectivity index (χ0n) is 6.64. The van der Waals surface area contributed by atoms with E-state index in [1.54, 1.807) is 0 Å². The lowest BCUT2D eigenvalue weighted by Gasteiger charge is -2.09. The molecule has 0 spiro atoms. The molecule has 14 heavy (non-hydrogen) atoms. The lowest BCUT2D eigenvalue weighted by Crippen LogP contribution is -2.11. The molecule has 0 radical (unpaired) electrons. The molecule has 1 rings (SSSR count). The summed E-state index contributed by atoms with van der Waals surface area (Å²) >= 11 is 0. The molecule has 0 bridgehead atoms. The van der Waals surface area contributed by atoms with Crippen molar-refractivity contribution in [2.24, 2.45) is 5.90 Å². The number of hydrogen-bond acceptors (Lipinski definition) is 2. The normalized spacial score (nSPS) is 10.6. The van der Waals surface area contributed by atoms with E-state index in [1.807, 2.05) is 0 Å². The maximum Gasteiger partial charge on any atom is 0.419 e. The van der Waals surface area contributed by atoms with Gasteiger partial charge in [0, 0.05) is 0 Å². The Morgan fingerprint density at radius 1 is 1.21 bits per heavy atom. The van der Waals surface area contributed by atoms with Crippen LogP contribution in [0.2, 0.25) is 0 Å². The Labute approximate surface area is 83.0 Å². The predicted molar refractivity (Wildman–Crippen MR) is 43.5 cm³/mol. The van der Waals surface area contributed by atoms with Gasteiger partial charge in [0.25, 0.3) is 0 Å². The van der Waals surface area contributed by atoms with Crippen molar-refractivity contribution in [1.82, 2.24) is 0 Å². The summed E-state index contributed by atoms with van der Waals surface area (Å²) in [4.78, 5) is 3.91. The summed E-state index contributed by atoms with van der Waals surface area (Å²) in [5.74, 6) is 2.42. The number of benzene rings is 1. The lowest BCUT2D eigenvalue weighted by atomic mass is 10.2. The van der Waals surface area contributed by atoms with Crippen LogP contribution in [0, 0.1) is 5.82 Å².